The van der Waals surface area contributed by atoms with E-state index in [1.165, 1.54) is 43.5 Å². The van der Waals surface area contributed by atoms with Crippen LogP contribution in [0.15, 0.2) is 42.5 Å². The fraction of sp³-hybridized carbons (Fsp3) is 0.500. The van der Waals surface area contributed by atoms with Crippen LogP contribution in [0.5, 0.6) is 5.75 Å². The Labute approximate surface area is 168 Å². The minimum atomic E-state index is 0.646. The lowest BCUT2D eigenvalue weighted by Crippen LogP contribution is -2.47. The number of hydrogen-bond acceptors (Lipinski definition) is 4. The minimum absolute atomic E-state index is 0.646. The molecule has 1 unspecified atom stereocenters. The van der Waals surface area contributed by atoms with Crippen molar-refractivity contribution >= 4 is 5.69 Å². The third kappa shape index (κ3) is 3.63. The van der Waals surface area contributed by atoms with Crippen LogP contribution in [0.2, 0.25) is 0 Å². The first kappa shape index (κ1) is 18.0. The van der Waals surface area contributed by atoms with Gasteiger partial charge in [-0.2, -0.15) is 4.89 Å². The van der Waals surface area contributed by atoms with Crippen molar-refractivity contribution in [3.8, 4) is 5.75 Å². The van der Waals surface area contributed by atoms with E-state index in [1.54, 1.807) is 11.1 Å². The molecule has 2 aromatic rings. The number of benzene rings is 2. The molecule has 4 nitrogen and oxygen atoms in total. The van der Waals surface area contributed by atoms with Crippen LogP contribution in [0.1, 0.15) is 41.9 Å². The van der Waals surface area contributed by atoms with E-state index in [9.17, 15) is 0 Å². The van der Waals surface area contributed by atoms with Gasteiger partial charge in [-0.25, -0.2) is 0 Å². The average molecular weight is 379 g/mol. The maximum atomic E-state index is 5.37. The highest BCUT2D eigenvalue weighted by molar-refractivity contribution is 5.60. The maximum absolute atomic E-state index is 5.37. The van der Waals surface area contributed by atoms with E-state index in [4.69, 9.17) is 9.78 Å². The summed E-state index contributed by atoms with van der Waals surface area (Å²) in [4.78, 5) is 15.7. The monoisotopic (exact) mass is 378 g/mol. The molecule has 0 spiro atoms. The number of anilines is 1. The van der Waals surface area contributed by atoms with Gasteiger partial charge in [0, 0.05) is 43.9 Å². The van der Waals surface area contributed by atoms with Crippen molar-refractivity contribution in [1.29, 1.82) is 0 Å². The van der Waals surface area contributed by atoms with Gasteiger partial charge >= 0.3 is 0 Å². The molecule has 1 fully saturated rings. The van der Waals surface area contributed by atoms with Crippen LogP contribution in [-0.2, 0) is 17.7 Å². The molecular formula is C24H30N2O2. The van der Waals surface area contributed by atoms with Crippen molar-refractivity contribution in [2.75, 3.05) is 44.2 Å². The Bertz CT molecular complexity index is 814. The molecule has 0 bridgehead atoms. The topological polar surface area (TPSA) is 24.9 Å². The molecule has 1 atom stereocenters. The number of piperazine rings is 1. The third-order valence-electron chi connectivity index (χ3n) is 6.69. The van der Waals surface area contributed by atoms with Crippen LogP contribution < -0.4 is 9.79 Å². The summed E-state index contributed by atoms with van der Waals surface area (Å²) in [5.74, 6) is 1.64. The quantitative estimate of drug-likeness (QED) is 0.745. The van der Waals surface area contributed by atoms with E-state index in [0.717, 1.165) is 44.3 Å². The van der Waals surface area contributed by atoms with Gasteiger partial charge in [0.15, 0.2) is 5.75 Å². The van der Waals surface area contributed by atoms with Crippen LogP contribution in [0.3, 0.4) is 0 Å². The number of hydrogen-bond donors (Lipinski definition) is 0. The first-order chi connectivity index (χ1) is 13.9. The maximum Gasteiger partial charge on any atom is 0.170 e. The average Bonchev–Trinajstić information content (AvgIpc) is 2.78. The lowest BCUT2D eigenvalue weighted by Gasteiger charge is -2.38. The van der Waals surface area contributed by atoms with Gasteiger partial charge in [0.1, 0.15) is 0 Å². The van der Waals surface area contributed by atoms with E-state index in [2.05, 4.69) is 46.2 Å². The Kier molecular flexibility index (Phi) is 5.24. The van der Waals surface area contributed by atoms with Gasteiger partial charge in [0.25, 0.3) is 0 Å². The van der Waals surface area contributed by atoms with Crippen LogP contribution in [-0.4, -0.2) is 44.2 Å². The second-order valence-electron chi connectivity index (χ2n) is 8.31. The van der Waals surface area contributed by atoms with Crippen LogP contribution in [0, 0.1) is 0 Å². The van der Waals surface area contributed by atoms with Gasteiger partial charge in [-0.1, -0.05) is 30.3 Å². The van der Waals surface area contributed by atoms with Gasteiger partial charge in [0.05, 0.1) is 6.61 Å². The molecule has 1 saturated heterocycles. The molecule has 0 amide bonds. The molecule has 28 heavy (non-hydrogen) atoms. The summed E-state index contributed by atoms with van der Waals surface area (Å²) >= 11 is 0. The molecule has 0 aromatic heterocycles. The van der Waals surface area contributed by atoms with E-state index in [0.29, 0.717) is 6.61 Å². The van der Waals surface area contributed by atoms with Gasteiger partial charge < -0.3 is 9.79 Å². The number of aryl methyl sites for hydroxylation is 1. The predicted molar refractivity (Wildman–Crippen MR) is 112 cm³/mol. The Morgan fingerprint density at radius 3 is 2.75 bits per heavy atom. The van der Waals surface area contributed by atoms with Gasteiger partial charge in [-0.05, 0) is 61.4 Å². The van der Waals surface area contributed by atoms with E-state index in [1.807, 2.05) is 6.07 Å². The van der Waals surface area contributed by atoms with Crippen molar-refractivity contribution in [1.82, 2.24) is 4.90 Å². The summed E-state index contributed by atoms with van der Waals surface area (Å²) in [6.07, 6.45) is 6.20. The smallest absolute Gasteiger partial charge is 0.170 e. The Morgan fingerprint density at radius 2 is 1.82 bits per heavy atom. The van der Waals surface area contributed by atoms with Crippen LogP contribution in [0.4, 0.5) is 5.69 Å². The summed E-state index contributed by atoms with van der Waals surface area (Å²) in [6.45, 7) is 6.35. The lowest BCUT2D eigenvalue weighted by molar-refractivity contribution is -0.215. The number of nitrogens with zero attached hydrogens (tertiary/aromatic N) is 2. The van der Waals surface area contributed by atoms with Crippen molar-refractivity contribution in [3.05, 3.63) is 59.2 Å². The Balaban J connectivity index is 1.18. The van der Waals surface area contributed by atoms with Crippen molar-refractivity contribution in [2.45, 2.75) is 38.0 Å². The highest BCUT2D eigenvalue weighted by atomic mass is 17.2. The predicted octanol–water partition coefficient (Wildman–Crippen LogP) is 4.19. The summed E-state index contributed by atoms with van der Waals surface area (Å²) in [7, 11) is 0. The summed E-state index contributed by atoms with van der Waals surface area (Å²) in [5.41, 5.74) is 5.84. The van der Waals surface area contributed by atoms with Gasteiger partial charge in [0.2, 0.25) is 0 Å². The zero-order chi connectivity index (χ0) is 18.8. The van der Waals surface area contributed by atoms with Crippen molar-refractivity contribution < 1.29 is 9.78 Å². The fourth-order valence-corrected chi connectivity index (χ4v) is 5.13. The van der Waals surface area contributed by atoms with Gasteiger partial charge in [-0.3, -0.25) is 4.90 Å². The zero-order valence-electron chi connectivity index (χ0n) is 16.6. The highest BCUT2D eigenvalue weighted by Gasteiger charge is 2.24. The summed E-state index contributed by atoms with van der Waals surface area (Å²) in [6, 6.07) is 15.4. The molecule has 0 N–H and O–H groups in total. The Hall–Kier alpha value is -2.04. The fourth-order valence-electron chi connectivity index (χ4n) is 5.13. The number of fused-ring (bicyclic) bond motifs is 2. The molecule has 4 heteroatoms. The van der Waals surface area contributed by atoms with Crippen molar-refractivity contribution in [2.24, 2.45) is 0 Å². The molecule has 5 rings (SSSR count). The molecule has 148 valence electrons. The second kappa shape index (κ2) is 8.14. The van der Waals surface area contributed by atoms with Crippen LogP contribution >= 0.6 is 0 Å². The summed E-state index contributed by atoms with van der Waals surface area (Å²) < 4.78 is 0. The molecule has 2 aliphatic heterocycles. The lowest BCUT2D eigenvalue weighted by atomic mass is 9.81. The Morgan fingerprint density at radius 1 is 0.929 bits per heavy atom. The van der Waals surface area contributed by atoms with Crippen molar-refractivity contribution in [3.63, 3.8) is 0 Å². The first-order valence-corrected chi connectivity index (χ1v) is 10.8. The first-order valence-electron chi connectivity index (χ1n) is 10.8. The molecule has 2 heterocycles. The molecule has 2 aromatic carbocycles. The largest absolute Gasteiger partial charge is 0.369 e. The molecule has 0 saturated carbocycles. The van der Waals surface area contributed by atoms with Crippen LogP contribution in [0.25, 0.3) is 0 Å². The normalized spacial score (nSPS) is 22.3. The molecule has 0 radical (unpaired) electrons. The molecule has 1 aliphatic carbocycles. The van der Waals surface area contributed by atoms with Gasteiger partial charge in [-0.15, -0.1) is 0 Å². The van der Waals surface area contributed by atoms with E-state index in [-0.39, 0.29) is 0 Å². The second-order valence-corrected chi connectivity index (χ2v) is 8.31. The zero-order valence-corrected chi connectivity index (χ0v) is 16.6. The number of rotatable bonds is 4. The summed E-state index contributed by atoms with van der Waals surface area (Å²) in [5, 5.41) is 0. The SMILES string of the molecule is c1ccc2c(c1)CCCC2CCN1CCN(c2cccc3c2CCOO3)CC1. The van der Waals surface area contributed by atoms with E-state index < -0.39 is 0 Å². The van der Waals surface area contributed by atoms with E-state index >= 15 is 0 Å². The third-order valence-corrected chi connectivity index (χ3v) is 6.69. The molecular weight excluding hydrogens is 348 g/mol. The minimum Gasteiger partial charge on any atom is -0.369 e. The standard InChI is InChI=1S/C24H30N2O2/c1-2-8-21-19(5-1)6-3-7-20(21)11-13-25-14-16-26(17-15-25)23-9-4-10-24-22(23)12-18-27-28-24/h1-2,4-5,8-10,20H,3,6-7,11-18H2. The highest BCUT2D eigenvalue weighted by Crippen LogP contribution is 2.35. The molecule has 3 aliphatic rings.